The van der Waals surface area contributed by atoms with Crippen LogP contribution in [0.3, 0.4) is 0 Å². The van der Waals surface area contributed by atoms with Crippen molar-refractivity contribution in [1.29, 1.82) is 0 Å². The zero-order valence-corrected chi connectivity index (χ0v) is 9.61. The molecule has 1 aromatic carbocycles. The zero-order valence-electron chi connectivity index (χ0n) is 9.61. The largest absolute Gasteiger partial charge is 0.481 e. The number of H-pyrrole nitrogens is 1. The number of hydrogen-bond donors (Lipinski definition) is 2. The van der Waals surface area contributed by atoms with Gasteiger partial charge in [0.1, 0.15) is 0 Å². The van der Waals surface area contributed by atoms with Gasteiger partial charge in [-0.3, -0.25) is 9.59 Å². The number of nitrogens with one attached hydrogen (secondary N) is 1. The van der Waals surface area contributed by atoms with Gasteiger partial charge in [0.15, 0.2) is 11.6 Å². The highest BCUT2D eigenvalue weighted by molar-refractivity contribution is 5.75. The molecule has 2 rings (SSSR count). The second kappa shape index (κ2) is 5.01. The Labute approximate surface area is 106 Å². The molecule has 4 nitrogen and oxygen atoms in total. The summed E-state index contributed by atoms with van der Waals surface area (Å²) in [6, 6.07) is 5.99. The minimum Gasteiger partial charge on any atom is -0.481 e. The molecule has 0 atom stereocenters. The molecule has 0 aliphatic carbocycles. The molecule has 1 heterocycles. The van der Waals surface area contributed by atoms with Crippen molar-refractivity contribution in [3.8, 4) is 11.1 Å². The van der Waals surface area contributed by atoms with Crippen LogP contribution in [0.15, 0.2) is 35.1 Å². The molecule has 6 heteroatoms. The third-order valence-corrected chi connectivity index (χ3v) is 2.57. The van der Waals surface area contributed by atoms with E-state index in [0.29, 0.717) is 0 Å². The first-order valence-electron chi connectivity index (χ1n) is 5.37. The van der Waals surface area contributed by atoms with Crippen LogP contribution in [-0.4, -0.2) is 16.1 Å². The number of benzene rings is 1. The van der Waals surface area contributed by atoms with E-state index in [2.05, 4.69) is 4.98 Å². The Morgan fingerprint density at radius 3 is 2.58 bits per heavy atom. The number of rotatable bonds is 3. The van der Waals surface area contributed by atoms with Gasteiger partial charge in [0.25, 0.3) is 0 Å². The quantitative estimate of drug-likeness (QED) is 0.891. The first-order valence-corrected chi connectivity index (χ1v) is 5.37. The van der Waals surface area contributed by atoms with E-state index in [9.17, 15) is 18.4 Å². The van der Waals surface area contributed by atoms with Gasteiger partial charge >= 0.3 is 5.97 Å². The highest BCUT2D eigenvalue weighted by Crippen LogP contribution is 2.26. The van der Waals surface area contributed by atoms with E-state index >= 15 is 0 Å². The second-order valence-electron chi connectivity index (χ2n) is 3.89. The fourth-order valence-corrected chi connectivity index (χ4v) is 1.77. The summed E-state index contributed by atoms with van der Waals surface area (Å²) in [5.41, 5.74) is -0.409. The fourth-order valence-electron chi connectivity index (χ4n) is 1.77. The number of halogens is 2. The maximum Gasteiger partial charge on any atom is 0.309 e. The average Bonchev–Trinajstić information content (AvgIpc) is 2.33. The molecule has 0 aliphatic heterocycles. The van der Waals surface area contributed by atoms with Gasteiger partial charge in [-0.15, -0.1) is 0 Å². The van der Waals surface area contributed by atoms with Crippen LogP contribution in [0.5, 0.6) is 0 Å². The number of aromatic nitrogens is 1. The number of aromatic amines is 1. The van der Waals surface area contributed by atoms with Crippen molar-refractivity contribution in [2.75, 3.05) is 0 Å². The number of aliphatic carboxylic acids is 1. The summed E-state index contributed by atoms with van der Waals surface area (Å²) in [6.45, 7) is 0. The molecule has 98 valence electrons. The van der Waals surface area contributed by atoms with E-state index < -0.39 is 29.6 Å². The van der Waals surface area contributed by atoms with Gasteiger partial charge in [-0.2, -0.15) is 0 Å². The normalized spacial score (nSPS) is 10.4. The number of carbonyl (C=O) groups is 1. The summed E-state index contributed by atoms with van der Waals surface area (Å²) in [5.74, 6) is -3.30. The molecular formula is C13H9F2NO3. The molecule has 2 N–H and O–H groups in total. The van der Waals surface area contributed by atoms with Crippen molar-refractivity contribution in [2.24, 2.45) is 0 Å². The van der Waals surface area contributed by atoms with E-state index in [-0.39, 0.29) is 16.8 Å². The summed E-state index contributed by atoms with van der Waals surface area (Å²) in [6.07, 6.45) is -0.485. The second-order valence-corrected chi connectivity index (χ2v) is 3.89. The molecule has 0 unspecified atom stereocenters. The zero-order chi connectivity index (χ0) is 14.0. The van der Waals surface area contributed by atoms with Gasteiger partial charge in [0, 0.05) is 22.9 Å². The summed E-state index contributed by atoms with van der Waals surface area (Å²) in [5, 5.41) is 8.76. The van der Waals surface area contributed by atoms with Crippen LogP contribution in [-0.2, 0) is 11.2 Å². The molecule has 0 radical (unpaired) electrons. The minimum atomic E-state index is -1.18. The lowest BCUT2D eigenvalue weighted by Gasteiger charge is -2.08. The molecule has 0 bridgehead atoms. The van der Waals surface area contributed by atoms with E-state index in [1.54, 1.807) is 0 Å². The molecular weight excluding hydrogens is 256 g/mol. The Hall–Kier alpha value is -2.50. The van der Waals surface area contributed by atoms with Crippen molar-refractivity contribution >= 4 is 5.97 Å². The lowest BCUT2D eigenvalue weighted by Crippen LogP contribution is -2.12. The molecule has 0 saturated heterocycles. The summed E-state index contributed by atoms with van der Waals surface area (Å²) >= 11 is 0. The van der Waals surface area contributed by atoms with Gasteiger partial charge in [-0.1, -0.05) is 12.1 Å². The monoisotopic (exact) mass is 265 g/mol. The Morgan fingerprint density at radius 2 is 1.89 bits per heavy atom. The number of carboxylic acids is 1. The van der Waals surface area contributed by atoms with E-state index in [1.807, 2.05) is 0 Å². The number of hydrogen-bond acceptors (Lipinski definition) is 2. The topological polar surface area (TPSA) is 70.2 Å². The minimum absolute atomic E-state index is 0.0319. The van der Waals surface area contributed by atoms with Crippen LogP contribution in [0.4, 0.5) is 8.78 Å². The molecule has 0 fully saturated rings. The van der Waals surface area contributed by atoms with Crippen molar-refractivity contribution in [3.63, 3.8) is 0 Å². The molecule has 0 spiro atoms. The molecule has 0 aliphatic rings. The van der Waals surface area contributed by atoms with Gasteiger partial charge in [-0.05, 0) is 12.1 Å². The molecule has 0 saturated carbocycles. The van der Waals surface area contributed by atoms with Gasteiger partial charge < -0.3 is 10.1 Å². The first-order chi connectivity index (χ1) is 8.99. The fraction of sp³-hybridized carbons (Fsp3) is 0.0769. The van der Waals surface area contributed by atoms with Crippen LogP contribution >= 0.6 is 0 Å². The SMILES string of the molecule is O=C(O)Cc1[nH]c(=O)ccc1-c1cccc(F)c1F. The standard InChI is InChI=1S/C13H9F2NO3/c14-9-3-1-2-8(13(9)15)7-4-5-11(17)16-10(7)6-12(18)19/h1-5H,6H2,(H,16,17)(H,18,19). The maximum absolute atomic E-state index is 13.7. The smallest absolute Gasteiger partial charge is 0.309 e. The Bertz CT molecular complexity index is 695. The summed E-state index contributed by atoms with van der Waals surface area (Å²) in [4.78, 5) is 24.2. The first kappa shape index (κ1) is 12.9. The lowest BCUT2D eigenvalue weighted by atomic mass is 10.0. The molecule has 2 aromatic rings. The van der Waals surface area contributed by atoms with Crippen LogP contribution in [0.1, 0.15) is 5.69 Å². The van der Waals surface area contributed by atoms with Crippen LogP contribution in [0, 0.1) is 11.6 Å². The number of pyridine rings is 1. The van der Waals surface area contributed by atoms with E-state index in [4.69, 9.17) is 5.11 Å². The van der Waals surface area contributed by atoms with Crippen LogP contribution < -0.4 is 5.56 Å². The Kier molecular flexibility index (Phi) is 3.41. The Morgan fingerprint density at radius 1 is 1.16 bits per heavy atom. The predicted octanol–water partition coefficient (Wildman–Crippen LogP) is 1.95. The van der Waals surface area contributed by atoms with Crippen molar-refractivity contribution in [1.82, 2.24) is 4.98 Å². The van der Waals surface area contributed by atoms with Crippen LogP contribution in [0.25, 0.3) is 11.1 Å². The van der Waals surface area contributed by atoms with Gasteiger partial charge in [0.05, 0.1) is 6.42 Å². The average molecular weight is 265 g/mol. The maximum atomic E-state index is 13.7. The van der Waals surface area contributed by atoms with E-state index in [0.717, 1.165) is 12.1 Å². The highest BCUT2D eigenvalue weighted by Gasteiger charge is 2.15. The Balaban J connectivity index is 2.64. The third kappa shape index (κ3) is 2.67. The summed E-state index contributed by atoms with van der Waals surface area (Å²) < 4.78 is 26.9. The van der Waals surface area contributed by atoms with Gasteiger partial charge in [0.2, 0.25) is 5.56 Å². The summed E-state index contributed by atoms with van der Waals surface area (Å²) in [7, 11) is 0. The highest BCUT2D eigenvalue weighted by atomic mass is 19.2. The number of carboxylic acid groups (broad SMARTS) is 1. The molecule has 0 amide bonds. The van der Waals surface area contributed by atoms with Crippen molar-refractivity contribution < 1.29 is 18.7 Å². The molecule has 19 heavy (non-hydrogen) atoms. The van der Waals surface area contributed by atoms with Crippen molar-refractivity contribution in [3.05, 3.63) is 58.0 Å². The predicted molar refractivity (Wildman–Crippen MR) is 63.8 cm³/mol. The third-order valence-electron chi connectivity index (χ3n) is 2.57. The van der Waals surface area contributed by atoms with E-state index in [1.165, 1.54) is 18.2 Å². The van der Waals surface area contributed by atoms with Crippen LogP contribution in [0.2, 0.25) is 0 Å². The van der Waals surface area contributed by atoms with Crippen molar-refractivity contribution in [2.45, 2.75) is 6.42 Å². The van der Waals surface area contributed by atoms with Gasteiger partial charge in [-0.25, -0.2) is 8.78 Å². The molecule has 1 aromatic heterocycles. The lowest BCUT2D eigenvalue weighted by molar-refractivity contribution is -0.136.